The van der Waals surface area contributed by atoms with Crippen LogP contribution in [0.5, 0.6) is 0 Å². The Hall–Kier alpha value is -0.660. The lowest BCUT2D eigenvalue weighted by Gasteiger charge is -1.81. The molecule has 0 aromatic carbocycles. The van der Waals surface area contributed by atoms with Gasteiger partial charge in [0.1, 0.15) is 0 Å². The second-order valence-electron chi connectivity index (χ2n) is 2.35. The summed E-state index contributed by atoms with van der Waals surface area (Å²) in [5.41, 5.74) is 0. The Labute approximate surface area is 59.2 Å². The van der Waals surface area contributed by atoms with E-state index in [1.54, 1.807) is 6.08 Å². The summed E-state index contributed by atoms with van der Waals surface area (Å²) in [6.45, 7) is 0. The van der Waals surface area contributed by atoms with Crippen molar-refractivity contribution in [2.45, 2.75) is 12.8 Å². The summed E-state index contributed by atoms with van der Waals surface area (Å²) >= 11 is 0. The second kappa shape index (κ2) is 3.49. The standard InChI is InChI=1S/C8H9F2/c9-8(10)4-2-1-3-7-5-6-7/h1-2,4-5,7H,3,6H2. The minimum Gasteiger partial charge on any atom is -0.173 e. The van der Waals surface area contributed by atoms with Crippen LogP contribution in [0.3, 0.4) is 0 Å². The van der Waals surface area contributed by atoms with E-state index in [1.807, 2.05) is 0 Å². The van der Waals surface area contributed by atoms with Crippen molar-refractivity contribution in [2.24, 2.45) is 5.92 Å². The zero-order chi connectivity index (χ0) is 7.40. The van der Waals surface area contributed by atoms with Gasteiger partial charge < -0.3 is 0 Å². The maximum absolute atomic E-state index is 11.4. The van der Waals surface area contributed by atoms with Gasteiger partial charge in [0.15, 0.2) is 0 Å². The van der Waals surface area contributed by atoms with E-state index in [-0.39, 0.29) is 0 Å². The van der Waals surface area contributed by atoms with E-state index in [1.165, 1.54) is 6.08 Å². The van der Waals surface area contributed by atoms with Crippen molar-refractivity contribution in [3.05, 3.63) is 30.7 Å². The van der Waals surface area contributed by atoms with E-state index >= 15 is 0 Å². The molecule has 0 heterocycles. The fourth-order valence-electron chi connectivity index (χ4n) is 0.683. The third kappa shape index (κ3) is 3.38. The molecular weight excluding hydrogens is 134 g/mol. The molecule has 1 aliphatic rings. The van der Waals surface area contributed by atoms with Gasteiger partial charge >= 0.3 is 0 Å². The first-order valence-corrected chi connectivity index (χ1v) is 3.30. The van der Waals surface area contributed by atoms with Crippen LogP contribution in [-0.4, -0.2) is 0 Å². The molecule has 0 saturated heterocycles. The summed E-state index contributed by atoms with van der Waals surface area (Å²) in [6.07, 6.45) is 6.59. The average molecular weight is 143 g/mol. The van der Waals surface area contributed by atoms with Crippen molar-refractivity contribution in [1.82, 2.24) is 0 Å². The van der Waals surface area contributed by atoms with E-state index in [4.69, 9.17) is 0 Å². The highest BCUT2D eigenvalue weighted by molar-refractivity contribution is 5.06. The molecule has 10 heavy (non-hydrogen) atoms. The van der Waals surface area contributed by atoms with Crippen LogP contribution < -0.4 is 0 Å². The Kier molecular flexibility index (Phi) is 2.60. The molecule has 1 radical (unpaired) electrons. The van der Waals surface area contributed by atoms with Crippen LogP contribution in [0.1, 0.15) is 12.8 Å². The van der Waals surface area contributed by atoms with Gasteiger partial charge in [0, 0.05) is 6.08 Å². The molecule has 1 saturated carbocycles. The lowest BCUT2D eigenvalue weighted by molar-refractivity contribution is 0.422. The normalized spacial score (nSPS) is 17.8. The summed E-state index contributed by atoms with van der Waals surface area (Å²) in [5, 5.41) is 0. The van der Waals surface area contributed by atoms with E-state index in [0.717, 1.165) is 18.9 Å². The van der Waals surface area contributed by atoms with Gasteiger partial charge in [-0.15, -0.1) is 0 Å². The van der Waals surface area contributed by atoms with E-state index in [9.17, 15) is 8.78 Å². The molecular formula is C8H9F2. The van der Waals surface area contributed by atoms with Crippen molar-refractivity contribution in [1.29, 1.82) is 0 Å². The molecule has 1 rings (SSSR count). The lowest BCUT2D eigenvalue weighted by Crippen LogP contribution is -1.67. The van der Waals surface area contributed by atoms with Crippen LogP contribution >= 0.6 is 0 Å². The predicted octanol–water partition coefficient (Wildman–Crippen LogP) is 2.94. The molecule has 0 aliphatic heterocycles. The summed E-state index contributed by atoms with van der Waals surface area (Å²) < 4.78 is 22.8. The summed E-state index contributed by atoms with van der Waals surface area (Å²) in [6, 6.07) is 0. The highest BCUT2D eigenvalue weighted by Gasteiger charge is 2.19. The lowest BCUT2D eigenvalue weighted by atomic mass is 10.3. The smallest absolute Gasteiger partial charge is 0.173 e. The maximum atomic E-state index is 11.4. The Balaban J connectivity index is 2.09. The number of hydrogen-bond acceptors (Lipinski definition) is 0. The minimum atomic E-state index is -1.63. The van der Waals surface area contributed by atoms with Crippen molar-refractivity contribution < 1.29 is 8.78 Å². The summed E-state index contributed by atoms with van der Waals surface area (Å²) in [5.74, 6) is 0.660. The minimum absolute atomic E-state index is 0.660. The number of halogens is 2. The number of rotatable bonds is 3. The average Bonchev–Trinajstić information content (AvgIpc) is 2.62. The van der Waals surface area contributed by atoms with Crippen LogP contribution in [0.15, 0.2) is 24.3 Å². The Morgan fingerprint density at radius 2 is 2.30 bits per heavy atom. The fraction of sp³-hybridized carbons (Fsp3) is 0.375. The van der Waals surface area contributed by atoms with Gasteiger partial charge in [-0.25, -0.2) is 0 Å². The molecule has 0 aromatic rings. The zero-order valence-electron chi connectivity index (χ0n) is 5.56. The third-order valence-corrected chi connectivity index (χ3v) is 1.37. The molecule has 0 amide bonds. The SMILES string of the molecule is FC(F)=CC=CCC1[CH]C1. The quantitative estimate of drug-likeness (QED) is 0.533. The summed E-state index contributed by atoms with van der Waals surface area (Å²) in [7, 11) is 0. The Morgan fingerprint density at radius 1 is 1.60 bits per heavy atom. The van der Waals surface area contributed by atoms with Gasteiger partial charge in [-0.05, 0) is 25.2 Å². The highest BCUT2D eigenvalue weighted by atomic mass is 19.3. The van der Waals surface area contributed by atoms with Crippen LogP contribution in [0, 0.1) is 12.3 Å². The van der Waals surface area contributed by atoms with Crippen molar-refractivity contribution in [3.8, 4) is 0 Å². The molecule has 0 aromatic heterocycles. The van der Waals surface area contributed by atoms with Gasteiger partial charge in [0.25, 0.3) is 6.08 Å². The van der Waals surface area contributed by atoms with Gasteiger partial charge in [-0.3, -0.25) is 0 Å². The first-order chi connectivity index (χ1) is 4.79. The van der Waals surface area contributed by atoms with E-state index < -0.39 is 6.08 Å². The maximum Gasteiger partial charge on any atom is 0.270 e. The second-order valence-corrected chi connectivity index (χ2v) is 2.35. The van der Waals surface area contributed by atoms with Crippen molar-refractivity contribution in [3.63, 3.8) is 0 Å². The molecule has 0 bridgehead atoms. The van der Waals surface area contributed by atoms with Gasteiger partial charge in [-0.2, -0.15) is 8.78 Å². The Morgan fingerprint density at radius 3 is 2.80 bits per heavy atom. The van der Waals surface area contributed by atoms with Gasteiger partial charge in [0.2, 0.25) is 0 Å². The third-order valence-electron chi connectivity index (χ3n) is 1.37. The predicted molar refractivity (Wildman–Crippen MR) is 36.5 cm³/mol. The Bertz CT molecular complexity index is 151. The monoisotopic (exact) mass is 143 g/mol. The van der Waals surface area contributed by atoms with Crippen molar-refractivity contribution >= 4 is 0 Å². The first-order valence-electron chi connectivity index (χ1n) is 3.30. The molecule has 1 aliphatic carbocycles. The molecule has 0 nitrogen and oxygen atoms in total. The van der Waals surface area contributed by atoms with E-state index in [2.05, 4.69) is 6.42 Å². The molecule has 1 fully saturated rings. The summed E-state index contributed by atoms with van der Waals surface area (Å²) in [4.78, 5) is 0. The van der Waals surface area contributed by atoms with Crippen LogP contribution in [0.4, 0.5) is 8.78 Å². The van der Waals surface area contributed by atoms with Crippen LogP contribution in [0.2, 0.25) is 0 Å². The molecule has 2 heteroatoms. The molecule has 0 N–H and O–H groups in total. The molecule has 0 spiro atoms. The van der Waals surface area contributed by atoms with Crippen LogP contribution in [0.25, 0.3) is 0 Å². The van der Waals surface area contributed by atoms with Gasteiger partial charge in [-0.1, -0.05) is 12.2 Å². The zero-order valence-corrected chi connectivity index (χ0v) is 5.56. The van der Waals surface area contributed by atoms with Crippen LogP contribution in [-0.2, 0) is 0 Å². The number of allylic oxidation sites excluding steroid dienone is 3. The largest absolute Gasteiger partial charge is 0.270 e. The molecule has 1 atom stereocenters. The fourth-order valence-corrected chi connectivity index (χ4v) is 0.683. The molecule has 1 unspecified atom stereocenters. The molecule has 55 valence electrons. The highest BCUT2D eigenvalue weighted by Crippen LogP contribution is 2.30. The first kappa shape index (κ1) is 7.45. The van der Waals surface area contributed by atoms with E-state index in [0.29, 0.717) is 5.92 Å². The number of hydrogen-bond donors (Lipinski definition) is 0. The topological polar surface area (TPSA) is 0 Å². The van der Waals surface area contributed by atoms with Crippen molar-refractivity contribution in [2.75, 3.05) is 0 Å². The van der Waals surface area contributed by atoms with Gasteiger partial charge in [0.05, 0.1) is 0 Å².